The number of aromatic nitrogens is 1. The molecule has 2 aromatic carbocycles. The number of esters is 1. The average molecular weight is 333 g/mol. The molecule has 0 aliphatic heterocycles. The van der Waals surface area contributed by atoms with Crippen molar-refractivity contribution in [3.63, 3.8) is 0 Å². The van der Waals surface area contributed by atoms with Crippen LogP contribution in [0.4, 0.5) is 5.69 Å². The van der Waals surface area contributed by atoms with E-state index in [4.69, 9.17) is 10.00 Å². The predicted molar refractivity (Wildman–Crippen MR) is 93.0 cm³/mol. The highest BCUT2D eigenvalue weighted by atomic mass is 16.5. The SMILES string of the molecule is C[C@H](OC(=O)c1cc2ccccc2[nH]1)C(=O)Nc1ccc(C#N)cc1. The van der Waals surface area contributed by atoms with Crippen LogP contribution in [-0.2, 0) is 9.53 Å². The molecule has 0 aliphatic carbocycles. The van der Waals surface area contributed by atoms with Crippen molar-refractivity contribution >= 4 is 28.5 Å². The summed E-state index contributed by atoms with van der Waals surface area (Å²) in [5.41, 5.74) is 2.14. The number of aromatic amines is 1. The number of H-pyrrole nitrogens is 1. The molecule has 3 aromatic rings. The summed E-state index contributed by atoms with van der Waals surface area (Å²) in [7, 11) is 0. The second kappa shape index (κ2) is 6.89. The number of carbonyl (C=O) groups excluding carboxylic acids is 2. The maximum atomic E-state index is 12.2. The fourth-order valence-electron chi connectivity index (χ4n) is 2.33. The normalized spacial score (nSPS) is 11.5. The molecule has 2 N–H and O–H groups in total. The number of amides is 1. The minimum absolute atomic E-state index is 0.291. The van der Waals surface area contributed by atoms with Gasteiger partial charge < -0.3 is 15.0 Å². The number of fused-ring (bicyclic) bond motifs is 1. The second-order valence-corrected chi connectivity index (χ2v) is 5.50. The van der Waals surface area contributed by atoms with Crippen LogP contribution in [0.15, 0.2) is 54.6 Å². The Morgan fingerprint density at radius 1 is 1.16 bits per heavy atom. The van der Waals surface area contributed by atoms with Crippen molar-refractivity contribution in [2.24, 2.45) is 0 Å². The van der Waals surface area contributed by atoms with Crippen molar-refractivity contribution in [3.05, 3.63) is 65.9 Å². The van der Waals surface area contributed by atoms with Crippen molar-refractivity contribution in [2.45, 2.75) is 13.0 Å². The Morgan fingerprint density at radius 2 is 1.88 bits per heavy atom. The summed E-state index contributed by atoms with van der Waals surface area (Å²) in [5.74, 6) is -1.05. The number of anilines is 1. The van der Waals surface area contributed by atoms with E-state index >= 15 is 0 Å². The van der Waals surface area contributed by atoms with E-state index in [0.29, 0.717) is 16.9 Å². The van der Waals surface area contributed by atoms with Crippen LogP contribution in [0.25, 0.3) is 10.9 Å². The fraction of sp³-hybridized carbons (Fsp3) is 0.105. The first-order valence-corrected chi connectivity index (χ1v) is 7.66. The molecule has 6 nitrogen and oxygen atoms in total. The Kier molecular flexibility index (Phi) is 4.48. The lowest BCUT2D eigenvalue weighted by Crippen LogP contribution is -2.30. The van der Waals surface area contributed by atoms with Gasteiger partial charge in [-0.1, -0.05) is 18.2 Å². The molecule has 6 heteroatoms. The van der Waals surface area contributed by atoms with Gasteiger partial charge in [0.2, 0.25) is 0 Å². The van der Waals surface area contributed by atoms with E-state index in [1.807, 2.05) is 30.3 Å². The lowest BCUT2D eigenvalue weighted by atomic mass is 10.2. The van der Waals surface area contributed by atoms with Crippen LogP contribution in [0, 0.1) is 11.3 Å². The topological polar surface area (TPSA) is 95.0 Å². The fourth-order valence-corrected chi connectivity index (χ4v) is 2.33. The number of nitriles is 1. The minimum atomic E-state index is -0.963. The van der Waals surface area contributed by atoms with Crippen LogP contribution in [0.5, 0.6) is 0 Å². The van der Waals surface area contributed by atoms with Crippen molar-refractivity contribution in [1.82, 2.24) is 4.98 Å². The molecule has 3 rings (SSSR count). The van der Waals surface area contributed by atoms with Crippen molar-refractivity contribution in [2.75, 3.05) is 5.32 Å². The maximum absolute atomic E-state index is 12.2. The highest BCUT2D eigenvalue weighted by Crippen LogP contribution is 2.16. The predicted octanol–water partition coefficient (Wildman–Crippen LogP) is 3.22. The van der Waals surface area contributed by atoms with Gasteiger partial charge in [-0.2, -0.15) is 5.26 Å². The quantitative estimate of drug-likeness (QED) is 0.717. The number of rotatable bonds is 4. The highest BCUT2D eigenvalue weighted by molar-refractivity contribution is 5.98. The number of hydrogen-bond donors (Lipinski definition) is 2. The highest BCUT2D eigenvalue weighted by Gasteiger charge is 2.20. The van der Waals surface area contributed by atoms with E-state index in [9.17, 15) is 9.59 Å². The molecular formula is C19H15N3O3. The van der Waals surface area contributed by atoms with E-state index in [0.717, 1.165) is 10.9 Å². The maximum Gasteiger partial charge on any atom is 0.355 e. The molecule has 25 heavy (non-hydrogen) atoms. The van der Waals surface area contributed by atoms with E-state index in [-0.39, 0.29) is 0 Å². The van der Waals surface area contributed by atoms with Gasteiger partial charge in [-0.3, -0.25) is 4.79 Å². The molecule has 0 aliphatic rings. The summed E-state index contributed by atoms with van der Waals surface area (Å²) in [5, 5.41) is 12.3. The van der Waals surface area contributed by atoms with Crippen LogP contribution in [-0.4, -0.2) is 23.0 Å². The zero-order valence-electron chi connectivity index (χ0n) is 13.4. The lowest BCUT2D eigenvalue weighted by molar-refractivity contribution is -0.123. The molecule has 0 saturated heterocycles. The Hall–Kier alpha value is -3.59. The molecule has 0 saturated carbocycles. The molecule has 1 aromatic heterocycles. The number of nitrogens with zero attached hydrogens (tertiary/aromatic N) is 1. The van der Waals surface area contributed by atoms with Crippen molar-refractivity contribution in [1.29, 1.82) is 5.26 Å². The van der Waals surface area contributed by atoms with Gasteiger partial charge >= 0.3 is 5.97 Å². The Bertz CT molecular complexity index is 934. The largest absolute Gasteiger partial charge is 0.448 e. The van der Waals surface area contributed by atoms with Gasteiger partial charge in [0.05, 0.1) is 11.6 Å². The Labute approximate surface area is 144 Å². The summed E-state index contributed by atoms with van der Waals surface area (Å²) in [6.07, 6.45) is -0.963. The van der Waals surface area contributed by atoms with E-state index in [1.165, 1.54) is 6.92 Å². The third-order valence-electron chi connectivity index (χ3n) is 3.68. The van der Waals surface area contributed by atoms with E-state index < -0.39 is 18.0 Å². The van der Waals surface area contributed by atoms with Crippen LogP contribution in [0.1, 0.15) is 23.0 Å². The van der Waals surface area contributed by atoms with Crippen LogP contribution in [0.3, 0.4) is 0 Å². The summed E-state index contributed by atoms with van der Waals surface area (Å²) in [6, 6.07) is 17.6. The lowest BCUT2D eigenvalue weighted by Gasteiger charge is -2.13. The molecule has 0 unspecified atom stereocenters. The number of carbonyl (C=O) groups is 2. The molecule has 1 amide bonds. The summed E-state index contributed by atoms with van der Waals surface area (Å²) < 4.78 is 5.21. The van der Waals surface area contributed by atoms with Crippen LogP contribution >= 0.6 is 0 Å². The van der Waals surface area contributed by atoms with E-state index in [2.05, 4.69) is 10.3 Å². The van der Waals surface area contributed by atoms with Gasteiger partial charge in [-0.15, -0.1) is 0 Å². The number of ether oxygens (including phenoxy) is 1. The monoisotopic (exact) mass is 333 g/mol. The van der Waals surface area contributed by atoms with Gasteiger partial charge in [0, 0.05) is 16.6 Å². The molecular weight excluding hydrogens is 318 g/mol. The van der Waals surface area contributed by atoms with Gasteiger partial charge in [0.15, 0.2) is 6.10 Å². The third kappa shape index (κ3) is 3.67. The molecule has 1 atom stereocenters. The second-order valence-electron chi connectivity index (χ2n) is 5.50. The Morgan fingerprint density at radius 3 is 2.56 bits per heavy atom. The van der Waals surface area contributed by atoms with E-state index in [1.54, 1.807) is 30.3 Å². The van der Waals surface area contributed by atoms with Crippen molar-refractivity contribution in [3.8, 4) is 6.07 Å². The van der Waals surface area contributed by atoms with Crippen LogP contribution < -0.4 is 5.32 Å². The number of nitrogens with one attached hydrogen (secondary N) is 2. The number of benzene rings is 2. The smallest absolute Gasteiger partial charge is 0.355 e. The molecule has 124 valence electrons. The van der Waals surface area contributed by atoms with Gasteiger partial charge in [0.25, 0.3) is 5.91 Å². The standard InChI is InChI=1S/C19H15N3O3/c1-12(18(23)21-15-8-6-13(11-20)7-9-15)25-19(24)17-10-14-4-2-3-5-16(14)22-17/h2-10,12,22H,1H3,(H,21,23)/t12-/m0/s1. The molecule has 0 fully saturated rings. The van der Waals surface area contributed by atoms with Gasteiger partial charge in [0.1, 0.15) is 5.69 Å². The molecule has 1 heterocycles. The zero-order valence-corrected chi connectivity index (χ0v) is 13.4. The summed E-state index contributed by atoms with van der Waals surface area (Å²) >= 11 is 0. The minimum Gasteiger partial charge on any atom is -0.448 e. The first kappa shape index (κ1) is 16.3. The number of para-hydroxylation sites is 1. The van der Waals surface area contributed by atoms with Gasteiger partial charge in [-0.05, 0) is 43.3 Å². The molecule has 0 radical (unpaired) electrons. The average Bonchev–Trinajstić information content (AvgIpc) is 3.06. The molecule has 0 spiro atoms. The summed E-state index contributed by atoms with van der Waals surface area (Å²) in [4.78, 5) is 27.3. The third-order valence-corrected chi connectivity index (χ3v) is 3.68. The Balaban J connectivity index is 1.63. The zero-order chi connectivity index (χ0) is 17.8. The van der Waals surface area contributed by atoms with Gasteiger partial charge in [-0.25, -0.2) is 4.79 Å². The van der Waals surface area contributed by atoms with Crippen LogP contribution in [0.2, 0.25) is 0 Å². The first-order chi connectivity index (χ1) is 12.1. The van der Waals surface area contributed by atoms with Crippen molar-refractivity contribution < 1.29 is 14.3 Å². The first-order valence-electron chi connectivity index (χ1n) is 7.66. The molecule has 0 bridgehead atoms. The summed E-state index contributed by atoms with van der Waals surface area (Å²) in [6.45, 7) is 1.50. The number of hydrogen-bond acceptors (Lipinski definition) is 4.